The molecule has 68 valence electrons. The number of nitriles is 1. The molecule has 2 nitrogen and oxygen atoms in total. The minimum absolute atomic E-state index is 0.0287. The summed E-state index contributed by atoms with van der Waals surface area (Å²) in [6, 6.07) is 4.81. The molecule has 0 spiro atoms. The largest absolute Gasteiger partial charge is 0.298 e. The van der Waals surface area contributed by atoms with Crippen molar-refractivity contribution in [3.05, 3.63) is 34.5 Å². The zero-order valence-electron chi connectivity index (χ0n) is 6.95. The third-order valence-corrected chi connectivity index (χ3v) is 2.92. The summed E-state index contributed by atoms with van der Waals surface area (Å²) < 4.78 is 14.3. The smallest absolute Gasteiger partial charge is 0.151 e. The Morgan fingerprint density at radius 2 is 2.29 bits per heavy atom. The lowest BCUT2D eigenvalue weighted by atomic mass is 10.1. The molecule has 1 aromatic heterocycles. The number of carbonyl (C=O) groups excluding carboxylic acids is 1. The normalized spacial score (nSPS) is 10.0. The summed E-state index contributed by atoms with van der Waals surface area (Å²) in [6.45, 7) is 0. The lowest BCUT2D eigenvalue weighted by Crippen LogP contribution is -1.86. The number of fused-ring (bicyclic) bond motifs is 1. The van der Waals surface area contributed by atoms with Crippen molar-refractivity contribution in [1.29, 1.82) is 5.26 Å². The van der Waals surface area contributed by atoms with Gasteiger partial charge in [-0.2, -0.15) is 5.26 Å². The van der Waals surface area contributed by atoms with Crippen LogP contribution in [0.15, 0.2) is 17.5 Å². The van der Waals surface area contributed by atoms with Gasteiger partial charge in [-0.25, -0.2) is 4.39 Å². The van der Waals surface area contributed by atoms with Crippen molar-refractivity contribution in [2.75, 3.05) is 0 Å². The Hall–Kier alpha value is -1.73. The van der Waals surface area contributed by atoms with Gasteiger partial charge >= 0.3 is 0 Å². The van der Waals surface area contributed by atoms with Crippen LogP contribution in [0.3, 0.4) is 0 Å². The summed E-state index contributed by atoms with van der Waals surface area (Å²) >= 11 is 1.29. The van der Waals surface area contributed by atoms with Crippen molar-refractivity contribution in [2.24, 2.45) is 0 Å². The molecule has 0 amide bonds. The first kappa shape index (κ1) is 8.85. The third kappa shape index (κ3) is 1.10. The van der Waals surface area contributed by atoms with Gasteiger partial charge in [0.1, 0.15) is 11.9 Å². The van der Waals surface area contributed by atoms with Gasteiger partial charge < -0.3 is 0 Å². The zero-order chi connectivity index (χ0) is 10.1. The first-order valence-corrected chi connectivity index (χ1v) is 4.71. The Bertz CT molecular complexity index is 553. The molecule has 0 fully saturated rings. The highest BCUT2D eigenvalue weighted by atomic mass is 32.1. The third-order valence-electron chi connectivity index (χ3n) is 1.95. The van der Waals surface area contributed by atoms with E-state index in [2.05, 4.69) is 0 Å². The molecule has 0 N–H and O–H groups in total. The van der Waals surface area contributed by atoms with Gasteiger partial charge in [0.15, 0.2) is 6.29 Å². The van der Waals surface area contributed by atoms with Gasteiger partial charge in [-0.15, -0.1) is 11.3 Å². The lowest BCUT2D eigenvalue weighted by molar-refractivity contribution is 0.112. The minimum atomic E-state index is -0.603. The van der Waals surface area contributed by atoms with Crippen LogP contribution in [-0.4, -0.2) is 6.29 Å². The molecule has 14 heavy (non-hydrogen) atoms. The average molecular weight is 205 g/mol. The van der Waals surface area contributed by atoms with Crippen LogP contribution in [0.1, 0.15) is 15.9 Å². The van der Waals surface area contributed by atoms with Crippen LogP contribution in [0.25, 0.3) is 10.1 Å². The van der Waals surface area contributed by atoms with Crippen molar-refractivity contribution in [2.45, 2.75) is 0 Å². The molecule has 1 heterocycles. The summed E-state index contributed by atoms with van der Waals surface area (Å²) in [5.41, 5.74) is 0.276. The molecule has 0 atom stereocenters. The van der Waals surface area contributed by atoms with Gasteiger partial charge in [-0.05, 0) is 12.1 Å². The van der Waals surface area contributed by atoms with Crippen LogP contribution in [-0.2, 0) is 0 Å². The number of thiophene rings is 1. The molecule has 0 bridgehead atoms. The molecule has 0 saturated carbocycles. The average Bonchev–Trinajstić information content (AvgIpc) is 2.62. The topological polar surface area (TPSA) is 40.9 Å². The molecule has 0 unspecified atom stereocenters. The highest BCUT2D eigenvalue weighted by Gasteiger charge is 2.12. The highest BCUT2D eigenvalue weighted by molar-refractivity contribution is 7.17. The second-order valence-electron chi connectivity index (χ2n) is 2.72. The number of hydrogen-bond donors (Lipinski definition) is 0. The van der Waals surface area contributed by atoms with E-state index in [0.717, 1.165) is 0 Å². The van der Waals surface area contributed by atoms with Crippen molar-refractivity contribution in [1.82, 2.24) is 0 Å². The van der Waals surface area contributed by atoms with E-state index in [1.54, 1.807) is 17.5 Å². The number of nitrogens with zero attached hydrogens (tertiary/aromatic N) is 1. The van der Waals surface area contributed by atoms with Gasteiger partial charge in [0, 0.05) is 21.0 Å². The van der Waals surface area contributed by atoms with E-state index < -0.39 is 5.82 Å². The summed E-state index contributed by atoms with van der Waals surface area (Å²) in [7, 11) is 0. The Kier molecular flexibility index (Phi) is 2.02. The number of hydrogen-bond acceptors (Lipinski definition) is 3. The first-order valence-electron chi connectivity index (χ1n) is 3.83. The van der Waals surface area contributed by atoms with Crippen molar-refractivity contribution in [3.8, 4) is 6.07 Å². The Morgan fingerprint density at radius 1 is 1.50 bits per heavy atom. The quantitative estimate of drug-likeness (QED) is 0.671. The van der Waals surface area contributed by atoms with E-state index in [4.69, 9.17) is 5.26 Å². The van der Waals surface area contributed by atoms with Crippen LogP contribution in [0, 0.1) is 17.1 Å². The molecule has 1 aromatic carbocycles. The van der Waals surface area contributed by atoms with Gasteiger partial charge in [-0.1, -0.05) is 0 Å². The molecule has 0 aliphatic rings. The molecule has 2 aromatic rings. The molecule has 0 aliphatic heterocycles. The summed E-state index contributed by atoms with van der Waals surface area (Å²) in [5.74, 6) is -0.603. The second-order valence-corrected chi connectivity index (χ2v) is 3.63. The van der Waals surface area contributed by atoms with Crippen molar-refractivity contribution in [3.63, 3.8) is 0 Å². The van der Waals surface area contributed by atoms with Crippen LogP contribution in [0.5, 0.6) is 0 Å². The molecular formula is C10H4FNOS. The Balaban J connectivity index is 2.92. The molecule has 4 heteroatoms. The van der Waals surface area contributed by atoms with E-state index in [0.29, 0.717) is 16.5 Å². The fraction of sp³-hybridized carbons (Fsp3) is 0. The van der Waals surface area contributed by atoms with E-state index >= 15 is 0 Å². The maximum absolute atomic E-state index is 13.6. The van der Waals surface area contributed by atoms with Gasteiger partial charge in [0.05, 0.1) is 5.56 Å². The van der Waals surface area contributed by atoms with Crippen LogP contribution < -0.4 is 0 Å². The fourth-order valence-corrected chi connectivity index (χ4v) is 2.18. The van der Waals surface area contributed by atoms with E-state index in [1.165, 1.54) is 17.4 Å². The predicted octanol–water partition coefficient (Wildman–Crippen LogP) is 2.72. The van der Waals surface area contributed by atoms with E-state index in [9.17, 15) is 9.18 Å². The van der Waals surface area contributed by atoms with Gasteiger partial charge in [0.2, 0.25) is 0 Å². The Labute approximate surface area is 83.2 Å². The van der Waals surface area contributed by atoms with E-state index in [1.807, 2.05) is 0 Å². The number of benzene rings is 1. The molecule has 2 rings (SSSR count). The summed E-state index contributed by atoms with van der Waals surface area (Å²) in [6.07, 6.45) is 0.600. The van der Waals surface area contributed by atoms with E-state index in [-0.39, 0.29) is 10.9 Å². The zero-order valence-corrected chi connectivity index (χ0v) is 7.77. The number of rotatable bonds is 1. The summed E-state index contributed by atoms with van der Waals surface area (Å²) in [4.78, 5) is 10.6. The highest BCUT2D eigenvalue weighted by Crippen LogP contribution is 2.28. The van der Waals surface area contributed by atoms with Crippen LogP contribution in [0.2, 0.25) is 0 Å². The molecular weight excluding hydrogens is 201 g/mol. The number of halogens is 1. The SMILES string of the molecule is N#Cc1ccc2scc(C=O)c2c1F. The first-order chi connectivity index (χ1) is 6.77. The minimum Gasteiger partial charge on any atom is -0.298 e. The van der Waals surface area contributed by atoms with Crippen molar-refractivity contribution >= 4 is 27.7 Å². The second kappa shape index (κ2) is 3.20. The molecule has 0 aliphatic carbocycles. The summed E-state index contributed by atoms with van der Waals surface area (Å²) in [5, 5.41) is 10.4. The van der Waals surface area contributed by atoms with Gasteiger partial charge in [0.25, 0.3) is 0 Å². The monoisotopic (exact) mass is 205 g/mol. The van der Waals surface area contributed by atoms with Gasteiger partial charge in [-0.3, -0.25) is 4.79 Å². The molecule has 0 saturated heterocycles. The fourth-order valence-electron chi connectivity index (χ4n) is 1.28. The van der Waals surface area contributed by atoms with Crippen LogP contribution in [0.4, 0.5) is 4.39 Å². The molecule has 0 radical (unpaired) electrons. The number of aldehydes is 1. The van der Waals surface area contributed by atoms with Crippen LogP contribution >= 0.6 is 11.3 Å². The van der Waals surface area contributed by atoms with Crippen molar-refractivity contribution < 1.29 is 9.18 Å². The lowest BCUT2D eigenvalue weighted by Gasteiger charge is -1.95. The standard InChI is InChI=1S/C10H4FNOS/c11-10-6(3-12)1-2-8-9(10)7(4-13)5-14-8/h1-2,4-5H. The maximum Gasteiger partial charge on any atom is 0.151 e. The maximum atomic E-state index is 13.6. The predicted molar refractivity (Wildman–Crippen MR) is 51.9 cm³/mol. The Morgan fingerprint density at radius 3 is 2.93 bits per heavy atom. The number of carbonyl (C=O) groups is 1.